The standard InChI is InChI=1S/C37H46N8O2/c1-25-11-13-26(14-12-25)39-33(23-32(38)37(2,3)4)41-36(46)40-30-16-17-31(29-10-6-5-9-28(29)30)47-27-15-18-34-42-43-35(45(34)24-27)19-22-44-20-7-8-21-44/h5-6,9-15,18,23-24,30-31H,7-8,16-17,19-22,38H2,1-4H3,(H2,39,40,41,46). The first-order chi connectivity index (χ1) is 22.6. The summed E-state index contributed by atoms with van der Waals surface area (Å²) in [4.78, 5) is 20.6. The maximum absolute atomic E-state index is 13.4. The molecule has 6 rings (SSSR count). The third-order valence-electron chi connectivity index (χ3n) is 9.00. The number of nitrogens with one attached hydrogen (secondary N) is 2. The summed E-state index contributed by atoms with van der Waals surface area (Å²) >= 11 is 0. The van der Waals surface area contributed by atoms with Gasteiger partial charge in [-0.3, -0.25) is 9.72 Å². The van der Waals surface area contributed by atoms with Crippen molar-refractivity contribution in [3.8, 4) is 5.75 Å². The smallest absolute Gasteiger partial charge is 0.320 e. The van der Waals surface area contributed by atoms with E-state index >= 15 is 0 Å². The first kappa shape index (κ1) is 32.2. The number of aliphatic imine (C=N–C) groups is 1. The van der Waals surface area contributed by atoms with Crippen LogP contribution in [0, 0.1) is 12.3 Å². The summed E-state index contributed by atoms with van der Waals surface area (Å²) in [5, 5.41) is 15.0. The van der Waals surface area contributed by atoms with Gasteiger partial charge in [-0.1, -0.05) is 62.7 Å². The number of ether oxygens (including phenoxy) is 1. The average Bonchev–Trinajstić information content (AvgIpc) is 3.72. The number of urea groups is 1. The van der Waals surface area contributed by atoms with E-state index in [-0.39, 0.29) is 23.6 Å². The van der Waals surface area contributed by atoms with E-state index in [1.54, 1.807) is 6.08 Å². The Morgan fingerprint density at radius 2 is 1.77 bits per heavy atom. The molecule has 4 N–H and O–H groups in total. The predicted molar refractivity (Wildman–Crippen MR) is 186 cm³/mol. The van der Waals surface area contributed by atoms with Crippen molar-refractivity contribution < 1.29 is 9.53 Å². The Morgan fingerprint density at radius 1 is 1.02 bits per heavy atom. The molecule has 10 nitrogen and oxygen atoms in total. The summed E-state index contributed by atoms with van der Waals surface area (Å²) in [6.07, 6.45) is 8.44. The van der Waals surface area contributed by atoms with Gasteiger partial charge in [0.1, 0.15) is 23.5 Å². The molecule has 2 amide bonds. The van der Waals surface area contributed by atoms with Crippen LogP contribution in [0.5, 0.6) is 5.75 Å². The summed E-state index contributed by atoms with van der Waals surface area (Å²) in [5.74, 6) is 2.10. The number of nitrogens with two attached hydrogens (primary N) is 1. The third kappa shape index (κ3) is 8.00. The lowest BCUT2D eigenvalue weighted by atomic mass is 9.85. The lowest BCUT2D eigenvalue weighted by Crippen LogP contribution is -2.42. The van der Waals surface area contributed by atoms with E-state index in [1.807, 2.05) is 86.8 Å². The topological polar surface area (TPSA) is 122 Å². The highest BCUT2D eigenvalue weighted by Gasteiger charge is 2.30. The van der Waals surface area contributed by atoms with E-state index in [0.29, 0.717) is 11.5 Å². The summed E-state index contributed by atoms with van der Waals surface area (Å²) in [6.45, 7) is 11.4. The Hall–Kier alpha value is -4.70. The number of aromatic nitrogens is 3. The van der Waals surface area contributed by atoms with Crippen LogP contribution in [0.15, 0.2) is 83.6 Å². The zero-order chi connectivity index (χ0) is 33.0. The fourth-order valence-corrected chi connectivity index (χ4v) is 6.14. The van der Waals surface area contributed by atoms with Crippen molar-refractivity contribution in [1.82, 2.24) is 30.1 Å². The van der Waals surface area contributed by atoms with Gasteiger partial charge in [0.2, 0.25) is 0 Å². The normalized spacial score (nSPS) is 19.1. The quantitative estimate of drug-likeness (QED) is 0.149. The molecular formula is C37H46N8O2. The summed E-state index contributed by atoms with van der Waals surface area (Å²) in [7, 11) is 0. The highest BCUT2D eigenvalue weighted by molar-refractivity contribution is 6.05. The molecule has 0 spiro atoms. The molecule has 10 heteroatoms. The van der Waals surface area contributed by atoms with Gasteiger partial charge in [0.15, 0.2) is 5.65 Å². The summed E-state index contributed by atoms with van der Waals surface area (Å²) in [5.41, 5.74) is 11.5. The van der Waals surface area contributed by atoms with Crippen molar-refractivity contribution in [2.45, 2.75) is 71.9 Å². The zero-order valence-corrected chi connectivity index (χ0v) is 27.9. The SMILES string of the molecule is Cc1ccc(N=C(C=C(N)C(C)(C)C)NC(=O)NC2CCC(Oc3ccc4nnc(CCN5CCCC5)n4c3)c3ccccc32)cc1. The molecule has 2 aliphatic rings. The number of rotatable bonds is 8. The van der Waals surface area contributed by atoms with E-state index in [2.05, 4.69) is 37.9 Å². The number of benzene rings is 2. The minimum absolute atomic E-state index is 0.150. The molecule has 1 aliphatic carbocycles. The van der Waals surface area contributed by atoms with E-state index in [9.17, 15) is 4.79 Å². The first-order valence-electron chi connectivity index (χ1n) is 16.6. The van der Waals surface area contributed by atoms with Gasteiger partial charge in [-0.2, -0.15) is 0 Å². The predicted octanol–water partition coefficient (Wildman–Crippen LogP) is 6.55. The molecule has 1 fully saturated rings. The third-order valence-corrected chi connectivity index (χ3v) is 9.00. The van der Waals surface area contributed by atoms with Crippen LogP contribution in [0.2, 0.25) is 0 Å². The van der Waals surface area contributed by atoms with Crippen LogP contribution in [-0.4, -0.2) is 51.0 Å². The second-order valence-corrected chi connectivity index (χ2v) is 13.7. The second-order valence-electron chi connectivity index (χ2n) is 13.7. The molecule has 0 saturated carbocycles. The maximum Gasteiger partial charge on any atom is 0.320 e. The number of carbonyl (C=O) groups is 1. The van der Waals surface area contributed by atoms with Crippen LogP contribution in [0.1, 0.15) is 81.1 Å². The molecular weight excluding hydrogens is 588 g/mol. The average molecular weight is 635 g/mol. The molecule has 1 aliphatic heterocycles. The molecule has 2 unspecified atom stereocenters. The molecule has 246 valence electrons. The highest BCUT2D eigenvalue weighted by atomic mass is 16.5. The van der Waals surface area contributed by atoms with Crippen LogP contribution in [0.4, 0.5) is 10.5 Å². The lowest BCUT2D eigenvalue weighted by molar-refractivity contribution is 0.171. The number of aryl methyl sites for hydroxylation is 1. The minimum atomic E-state index is -0.340. The van der Waals surface area contributed by atoms with Crippen LogP contribution < -0.4 is 21.1 Å². The molecule has 2 aromatic carbocycles. The van der Waals surface area contributed by atoms with Crippen LogP contribution in [0.25, 0.3) is 5.65 Å². The number of nitrogens with zero attached hydrogens (tertiary/aromatic N) is 5. The number of carbonyl (C=O) groups excluding carboxylic acids is 1. The van der Waals surface area contributed by atoms with Gasteiger partial charge in [-0.15, -0.1) is 10.2 Å². The second kappa shape index (κ2) is 14.0. The molecule has 47 heavy (non-hydrogen) atoms. The molecule has 2 atom stereocenters. The monoisotopic (exact) mass is 634 g/mol. The number of hydrogen-bond acceptors (Lipinski definition) is 7. The van der Waals surface area contributed by atoms with E-state index in [1.165, 1.54) is 12.8 Å². The van der Waals surface area contributed by atoms with Crippen LogP contribution >= 0.6 is 0 Å². The summed E-state index contributed by atoms with van der Waals surface area (Å²) < 4.78 is 8.65. The van der Waals surface area contributed by atoms with Gasteiger partial charge in [0.05, 0.1) is 17.9 Å². The largest absolute Gasteiger partial charge is 0.484 e. The molecule has 3 heterocycles. The zero-order valence-electron chi connectivity index (χ0n) is 27.9. The fraction of sp³-hybridized carbons (Fsp3) is 0.405. The van der Waals surface area contributed by atoms with Gasteiger partial charge in [-0.05, 0) is 81.1 Å². The number of pyridine rings is 1. The van der Waals surface area contributed by atoms with Crippen molar-refractivity contribution in [3.63, 3.8) is 0 Å². The van der Waals surface area contributed by atoms with Crippen LogP contribution in [-0.2, 0) is 6.42 Å². The van der Waals surface area contributed by atoms with Crippen molar-refractivity contribution >= 4 is 23.2 Å². The van der Waals surface area contributed by atoms with Gasteiger partial charge in [0.25, 0.3) is 0 Å². The molecule has 0 radical (unpaired) electrons. The maximum atomic E-state index is 13.4. The summed E-state index contributed by atoms with van der Waals surface area (Å²) in [6, 6.07) is 19.4. The number of amidine groups is 1. The Bertz CT molecular complexity index is 1760. The van der Waals surface area contributed by atoms with E-state index < -0.39 is 0 Å². The first-order valence-corrected chi connectivity index (χ1v) is 16.6. The molecule has 0 bridgehead atoms. The lowest BCUT2D eigenvalue weighted by Gasteiger charge is -2.32. The Morgan fingerprint density at radius 3 is 2.51 bits per heavy atom. The van der Waals surface area contributed by atoms with Gasteiger partial charge >= 0.3 is 6.03 Å². The molecule has 4 aromatic rings. The van der Waals surface area contributed by atoms with Crippen molar-refractivity contribution in [3.05, 3.63) is 101 Å². The number of hydrogen-bond donors (Lipinski definition) is 3. The number of likely N-dealkylation sites (tertiary alicyclic amines) is 1. The number of fused-ring (bicyclic) bond motifs is 2. The molecule has 2 aromatic heterocycles. The van der Waals surface area contributed by atoms with Gasteiger partial charge in [0, 0.05) is 30.2 Å². The number of amides is 2. The van der Waals surface area contributed by atoms with Gasteiger partial charge < -0.3 is 20.7 Å². The highest BCUT2D eigenvalue weighted by Crippen LogP contribution is 2.38. The van der Waals surface area contributed by atoms with Gasteiger partial charge in [-0.25, -0.2) is 9.79 Å². The van der Waals surface area contributed by atoms with E-state index in [0.717, 1.165) is 78.5 Å². The van der Waals surface area contributed by atoms with E-state index in [4.69, 9.17) is 15.5 Å². The Kier molecular flexibility index (Phi) is 9.58. The van der Waals surface area contributed by atoms with Crippen LogP contribution in [0.3, 0.4) is 0 Å². The minimum Gasteiger partial charge on any atom is -0.484 e. The van der Waals surface area contributed by atoms with Crippen molar-refractivity contribution in [2.75, 3.05) is 19.6 Å². The Balaban J connectivity index is 1.16. The van der Waals surface area contributed by atoms with Crippen molar-refractivity contribution in [2.24, 2.45) is 16.1 Å². The molecule has 1 saturated heterocycles. The van der Waals surface area contributed by atoms with Crippen molar-refractivity contribution in [1.29, 1.82) is 0 Å². The fourth-order valence-electron chi connectivity index (χ4n) is 6.14. The number of allylic oxidation sites excluding steroid dienone is 1. The Labute approximate surface area is 277 Å².